The number of rotatable bonds is 5. The predicted octanol–water partition coefficient (Wildman–Crippen LogP) is 3.53. The molecule has 0 saturated carbocycles. The number of hydrogen-bond donors (Lipinski definition) is 0. The molecule has 2 aromatic carbocycles. The van der Waals surface area contributed by atoms with Gasteiger partial charge in [-0.25, -0.2) is 4.39 Å². The third kappa shape index (κ3) is 4.66. The lowest BCUT2D eigenvalue weighted by Gasteiger charge is -2.40. The number of likely N-dealkylation sites (N-methyl/N-ethyl adjacent to an activating group) is 1. The number of benzene rings is 2. The third-order valence-electron chi connectivity index (χ3n) is 5.31. The highest BCUT2D eigenvalue weighted by atomic mass is 19.1. The molecule has 0 N–H and O–H groups in total. The Hall–Kier alpha value is -2.40. The molecule has 5 heteroatoms. The number of hydrogen-bond acceptors (Lipinski definition) is 3. The summed E-state index contributed by atoms with van der Waals surface area (Å²) in [5, 5.41) is 0. The van der Waals surface area contributed by atoms with Gasteiger partial charge in [0.2, 0.25) is 5.91 Å². The minimum absolute atomic E-state index is 0.134. The quantitative estimate of drug-likeness (QED) is 0.807. The van der Waals surface area contributed by atoms with E-state index >= 15 is 0 Å². The largest absolute Gasteiger partial charge is 0.497 e. The van der Waals surface area contributed by atoms with Gasteiger partial charge in [-0.2, -0.15) is 0 Å². The molecule has 3 rings (SSSR count). The van der Waals surface area contributed by atoms with Crippen LogP contribution in [0.3, 0.4) is 0 Å². The molecule has 0 aliphatic carbocycles. The number of piperazine rings is 1. The normalized spacial score (nSPS) is 19.0. The highest BCUT2D eigenvalue weighted by Crippen LogP contribution is 2.27. The number of nitrogens with zero attached hydrogens (tertiary/aromatic N) is 2. The summed E-state index contributed by atoms with van der Waals surface area (Å²) >= 11 is 0. The molecule has 2 atom stereocenters. The molecule has 0 radical (unpaired) electrons. The molecule has 4 nitrogen and oxygen atoms in total. The van der Waals surface area contributed by atoms with Crippen LogP contribution < -0.4 is 4.74 Å². The molecule has 1 aliphatic rings. The van der Waals surface area contributed by atoms with E-state index in [1.807, 2.05) is 30.0 Å². The van der Waals surface area contributed by atoms with Crippen LogP contribution in [0.1, 0.15) is 24.1 Å². The smallest absolute Gasteiger partial charge is 0.225 e. The monoisotopic (exact) mass is 370 g/mol. The van der Waals surface area contributed by atoms with Crippen LogP contribution in [-0.4, -0.2) is 49.5 Å². The number of carbonyl (C=O) groups excluding carboxylic acids is 1. The summed E-state index contributed by atoms with van der Waals surface area (Å²) in [5.74, 6) is 0.595. The SMILES string of the molecule is COc1cccc(C2CN(C(=O)C(C)Cc3ccc(F)cc3)CCN2C)c1. The topological polar surface area (TPSA) is 32.8 Å². The van der Waals surface area contributed by atoms with E-state index in [9.17, 15) is 9.18 Å². The summed E-state index contributed by atoms with van der Waals surface area (Å²) < 4.78 is 18.4. The molecule has 1 saturated heterocycles. The standard InChI is InChI=1S/C22H27FN2O2/c1-16(13-17-7-9-19(23)10-8-17)22(26)25-12-11-24(2)21(15-25)18-5-4-6-20(14-18)27-3/h4-10,14,16,21H,11-13,15H2,1-3H3. The lowest BCUT2D eigenvalue weighted by atomic mass is 9.97. The molecular weight excluding hydrogens is 343 g/mol. The van der Waals surface area contributed by atoms with Crippen molar-refractivity contribution in [2.45, 2.75) is 19.4 Å². The van der Waals surface area contributed by atoms with Crippen molar-refractivity contribution >= 4 is 5.91 Å². The van der Waals surface area contributed by atoms with Gasteiger partial charge in [0.1, 0.15) is 11.6 Å². The van der Waals surface area contributed by atoms with Gasteiger partial charge < -0.3 is 9.64 Å². The van der Waals surface area contributed by atoms with Gasteiger partial charge in [0.25, 0.3) is 0 Å². The van der Waals surface area contributed by atoms with Crippen molar-refractivity contribution < 1.29 is 13.9 Å². The summed E-state index contributed by atoms with van der Waals surface area (Å²) in [6.45, 7) is 4.17. The summed E-state index contributed by atoms with van der Waals surface area (Å²) in [4.78, 5) is 17.2. The molecule has 0 bridgehead atoms. The Morgan fingerprint density at radius 1 is 1.22 bits per heavy atom. The molecule has 1 heterocycles. The van der Waals surface area contributed by atoms with Crippen LogP contribution in [0.2, 0.25) is 0 Å². The number of methoxy groups -OCH3 is 1. The lowest BCUT2D eigenvalue weighted by Crippen LogP contribution is -2.50. The predicted molar refractivity (Wildman–Crippen MR) is 104 cm³/mol. The average molecular weight is 370 g/mol. The van der Waals surface area contributed by atoms with Gasteiger partial charge in [-0.05, 0) is 48.9 Å². The number of halogens is 1. The molecule has 0 aromatic heterocycles. The Morgan fingerprint density at radius 2 is 1.96 bits per heavy atom. The van der Waals surface area contributed by atoms with Crippen molar-refractivity contribution in [3.63, 3.8) is 0 Å². The van der Waals surface area contributed by atoms with Crippen molar-refractivity contribution in [2.24, 2.45) is 5.92 Å². The Kier molecular flexibility index (Phi) is 6.11. The van der Waals surface area contributed by atoms with Crippen LogP contribution in [0.5, 0.6) is 5.75 Å². The first-order valence-electron chi connectivity index (χ1n) is 9.35. The maximum absolute atomic E-state index is 13.1. The molecule has 2 aromatic rings. The second-order valence-corrected chi connectivity index (χ2v) is 7.29. The molecule has 1 aliphatic heterocycles. The van der Waals surface area contributed by atoms with Crippen LogP contribution in [0.4, 0.5) is 4.39 Å². The summed E-state index contributed by atoms with van der Waals surface area (Å²) in [6.07, 6.45) is 0.620. The Bertz CT molecular complexity index is 778. The number of carbonyl (C=O) groups is 1. The van der Waals surface area contributed by atoms with E-state index in [4.69, 9.17) is 4.74 Å². The fourth-order valence-corrected chi connectivity index (χ4v) is 3.66. The van der Waals surface area contributed by atoms with E-state index in [0.29, 0.717) is 13.0 Å². The van der Waals surface area contributed by atoms with Crippen LogP contribution in [0.25, 0.3) is 0 Å². The third-order valence-corrected chi connectivity index (χ3v) is 5.31. The molecule has 0 spiro atoms. The van der Waals surface area contributed by atoms with E-state index in [1.165, 1.54) is 12.1 Å². The van der Waals surface area contributed by atoms with Crippen LogP contribution in [0.15, 0.2) is 48.5 Å². The van der Waals surface area contributed by atoms with Gasteiger partial charge in [0.05, 0.1) is 13.2 Å². The molecular formula is C22H27FN2O2. The van der Waals surface area contributed by atoms with Gasteiger partial charge >= 0.3 is 0 Å². The number of ether oxygens (including phenoxy) is 1. The molecule has 144 valence electrons. The van der Waals surface area contributed by atoms with Gasteiger partial charge in [-0.15, -0.1) is 0 Å². The second-order valence-electron chi connectivity index (χ2n) is 7.29. The maximum Gasteiger partial charge on any atom is 0.225 e. The van der Waals surface area contributed by atoms with E-state index in [-0.39, 0.29) is 23.7 Å². The van der Waals surface area contributed by atoms with Gasteiger partial charge in [-0.1, -0.05) is 31.2 Å². The van der Waals surface area contributed by atoms with Crippen LogP contribution >= 0.6 is 0 Å². The van der Waals surface area contributed by atoms with Gasteiger partial charge in [0.15, 0.2) is 0 Å². The van der Waals surface area contributed by atoms with E-state index in [2.05, 4.69) is 18.0 Å². The Morgan fingerprint density at radius 3 is 2.67 bits per heavy atom. The van der Waals surface area contributed by atoms with Crippen molar-refractivity contribution in [2.75, 3.05) is 33.8 Å². The van der Waals surface area contributed by atoms with Crippen molar-refractivity contribution in [1.82, 2.24) is 9.80 Å². The summed E-state index contributed by atoms with van der Waals surface area (Å²) in [5.41, 5.74) is 2.14. The molecule has 1 amide bonds. The minimum atomic E-state index is -0.252. The average Bonchev–Trinajstić information content (AvgIpc) is 2.69. The molecule has 2 unspecified atom stereocenters. The van der Waals surface area contributed by atoms with Crippen molar-refractivity contribution in [3.8, 4) is 5.75 Å². The summed E-state index contributed by atoms with van der Waals surface area (Å²) in [7, 11) is 3.75. The van der Waals surface area contributed by atoms with Crippen LogP contribution in [-0.2, 0) is 11.2 Å². The van der Waals surface area contributed by atoms with Gasteiger partial charge in [0, 0.05) is 25.6 Å². The zero-order valence-corrected chi connectivity index (χ0v) is 16.2. The Labute approximate surface area is 160 Å². The van der Waals surface area contributed by atoms with E-state index < -0.39 is 0 Å². The van der Waals surface area contributed by atoms with Gasteiger partial charge in [-0.3, -0.25) is 9.69 Å². The first-order chi connectivity index (χ1) is 13.0. The lowest BCUT2D eigenvalue weighted by molar-refractivity contribution is -0.137. The number of amides is 1. The van der Waals surface area contributed by atoms with Crippen molar-refractivity contribution in [1.29, 1.82) is 0 Å². The summed E-state index contributed by atoms with van der Waals surface area (Å²) in [6, 6.07) is 14.6. The highest BCUT2D eigenvalue weighted by molar-refractivity contribution is 5.79. The first-order valence-corrected chi connectivity index (χ1v) is 9.35. The van der Waals surface area contributed by atoms with E-state index in [1.54, 1.807) is 19.2 Å². The molecule has 1 fully saturated rings. The minimum Gasteiger partial charge on any atom is -0.497 e. The highest BCUT2D eigenvalue weighted by Gasteiger charge is 2.30. The van der Waals surface area contributed by atoms with Crippen LogP contribution in [0, 0.1) is 11.7 Å². The van der Waals surface area contributed by atoms with E-state index in [0.717, 1.165) is 30.0 Å². The Balaban J connectivity index is 1.68. The molecule has 27 heavy (non-hydrogen) atoms. The first kappa shape index (κ1) is 19.4. The maximum atomic E-state index is 13.1. The fourth-order valence-electron chi connectivity index (χ4n) is 3.66. The zero-order valence-electron chi connectivity index (χ0n) is 16.2. The van der Waals surface area contributed by atoms with Crippen molar-refractivity contribution in [3.05, 3.63) is 65.5 Å². The second kappa shape index (κ2) is 8.53. The fraction of sp³-hybridized carbons (Fsp3) is 0.409. The zero-order chi connectivity index (χ0) is 19.4.